The molecule has 2 nitrogen and oxygen atoms in total. The summed E-state index contributed by atoms with van der Waals surface area (Å²) in [5.74, 6) is 0. The molecule has 0 aliphatic carbocycles. The summed E-state index contributed by atoms with van der Waals surface area (Å²) < 4.78 is 0. The third-order valence-corrected chi connectivity index (χ3v) is 3.61. The zero-order valence-corrected chi connectivity index (χ0v) is 10.6. The van der Waals surface area contributed by atoms with E-state index in [1.807, 2.05) is 0 Å². The van der Waals surface area contributed by atoms with Crippen LogP contribution in [0.5, 0.6) is 0 Å². The summed E-state index contributed by atoms with van der Waals surface area (Å²) >= 11 is 0. The molecular weight excluding hydrogens is 172 g/mol. The van der Waals surface area contributed by atoms with Gasteiger partial charge in [-0.3, -0.25) is 0 Å². The van der Waals surface area contributed by atoms with E-state index < -0.39 is 0 Å². The van der Waals surface area contributed by atoms with Crippen LogP contribution in [0, 0.1) is 5.41 Å². The molecule has 0 saturated carbocycles. The second kappa shape index (κ2) is 6.41. The molecule has 0 unspecified atom stereocenters. The Bertz CT molecular complexity index is 131. The smallest absolute Gasteiger partial charge is 0.00524 e. The Morgan fingerprint density at radius 1 is 1.14 bits per heavy atom. The molecule has 0 heterocycles. The lowest BCUT2D eigenvalue weighted by molar-refractivity contribution is 0.123. The fourth-order valence-corrected chi connectivity index (χ4v) is 1.92. The van der Waals surface area contributed by atoms with Crippen LogP contribution in [0.25, 0.3) is 0 Å². The van der Waals surface area contributed by atoms with E-state index in [2.05, 4.69) is 39.5 Å². The highest BCUT2D eigenvalue weighted by atomic mass is 15.1. The van der Waals surface area contributed by atoms with Crippen LogP contribution in [-0.2, 0) is 0 Å². The molecule has 0 aromatic rings. The van der Waals surface area contributed by atoms with Crippen molar-refractivity contribution in [2.45, 2.75) is 53.5 Å². The highest BCUT2D eigenvalue weighted by Crippen LogP contribution is 2.26. The van der Waals surface area contributed by atoms with E-state index in [1.54, 1.807) is 0 Å². The van der Waals surface area contributed by atoms with Gasteiger partial charge in [0, 0.05) is 12.6 Å². The van der Waals surface area contributed by atoms with Gasteiger partial charge in [0.15, 0.2) is 0 Å². The third-order valence-electron chi connectivity index (χ3n) is 3.61. The van der Waals surface area contributed by atoms with Gasteiger partial charge < -0.3 is 10.6 Å². The van der Waals surface area contributed by atoms with Crippen LogP contribution >= 0.6 is 0 Å². The molecule has 0 amide bonds. The number of rotatable bonds is 7. The van der Waals surface area contributed by atoms with Crippen molar-refractivity contribution in [1.82, 2.24) is 4.90 Å². The minimum Gasteiger partial charge on any atom is -0.330 e. The van der Waals surface area contributed by atoms with Crippen molar-refractivity contribution in [2.24, 2.45) is 11.1 Å². The van der Waals surface area contributed by atoms with Crippen LogP contribution in [0.1, 0.15) is 47.5 Å². The van der Waals surface area contributed by atoms with Gasteiger partial charge in [0.05, 0.1) is 0 Å². The zero-order chi connectivity index (χ0) is 11.2. The Morgan fingerprint density at radius 3 is 1.86 bits per heavy atom. The van der Waals surface area contributed by atoms with Gasteiger partial charge in [-0.15, -0.1) is 0 Å². The van der Waals surface area contributed by atoms with E-state index in [9.17, 15) is 0 Å². The molecule has 0 spiro atoms. The lowest BCUT2D eigenvalue weighted by Crippen LogP contribution is -2.44. The Labute approximate surface area is 89.9 Å². The Morgan fingerprint density at radius 2 is 1.64 bits per heavy atom. The molecule has 14 heavy (non-hydrogen) atoms. The Kier molecular flexibility index (Phi) is 6.38. The van der Waals surface area contributed by atoms with Gasteiger partial charge in [0.25, 0.3) is 0 Å². The van der Waals surface area contributed by atoms with E-state index in [1.165, 1.54) is 12.8 Å². The summed E-state index contributed by atoms with van der Waals surface area (Å²) in [6.45, 7) is 14.3. The zero-order valence-electron chi connectivity index (χ0n) is 10.6. The average Bonchev–Trinajstić information content (AvgIpc) is 2.20. The second-order valence-corrected chi connectivity index (χ2v) is 4.57. The summed E-state index contributed by atoms with van der Waals surface area (Å²) in [6, 6.07) is 0.629. The molecule has 0 fully saturated rings. The van der Waals surface area contributed by atoms with Crippen LogP contribution in [0.15, 0.2) is 0 Å². The first-order chi connectivity index (χ1) is 6.55. The van der Waals surface area contributed by atoms with Crippen molar-refractivity contribution < 1.29 is 0 Å². The fourth-order valence-electron chi connectivity index (χ4n) is 1.92. The van der Waals surface area contributed by atoms with E-state index in [0.717, 1.165) is 19.6 Å². The molecule has 0 aromatic heterocycles. The first kappa shape index (κ1) is 13.9. The van der Waals surface area contributed by atoms with Crippen LogP contribution in [0.4, 0.5) is 0 Å². The summed E-state index contributed by atoms with van der Waals surface area (Å²) in [5, 5.41) is 0. The van der Waals surface area contributed by atoms with E-state index >= 15 is 0 Å². The normalized spacial score (nSPS) is 12.9. The summed E-state index contributed by atoms with van der Waals surface area (Å²) in [5.41, 5.74) is 6.24. The largest absolute Gasteiger partial charge is 0.330 e. The molecule has 86 valence electrons. The lowest BCUT2D eigenvalue weighted by Gasteiger charge is -2.37. The van der Waals surface area contributed by atoms with Crippen molar-refractivity contribution in [3.05, 3.63) is 0 Å². The SMILES string of the molecule is CCN(CC(CC)(CC)CN)C(C)C. The van der Waals surface area contributed by atoms with Crippen LogP contribution in [0.3, 0.4) is 0 Å². The van der Waals surface area contributed by atoms with Crippen molar-refractivity contribution in [1.29, 1.82) is 0 Å². The minimum atomic E-state index is 0.334. The Hall–Kier alpha value is -0.0800. The molecule has 0 radical (unpaired) electrons. The third kappa shape index (κ3) is 3.58. The minimum absolute atomic E-state index is 0.334. The highest BCUT2D eigenvalue weighted by molar-refractivity contribution is 4.82. The van der Waals surface area contributed by atoms with Crippen molar-refractivity contribution in [2.75, 3.05) is 19.6 Å². The molecular formula is C12H28N2. The standard InChI is InChI=1S/C12H28N2/c1-6-12(7-2,9-13)10-14(8-3)11(4)5/h11H,6-10,13H2,1-5H3. The molecule has 0 aliphatic heterocycles. The average molecular weight is 200 g/mol. The van der Waals surface area contributed by atoms with Crippen LogP contribution < -0.4 is 5.73 Å². The van der Waals surface area contributed by atoms with Gasteiger partial charge >= 0.3 is 0 Å². The molecule has 0 saturated heterocycles. The van der Waals surface area contributed by atoms with Gasteiger partial charge in [-0.1, -0.05) is 20.8 Å². The van der Waals surface area contributed by atoms with Gasteiger partial charge in [0.2, 0.25) is 0 Å². The first-order valence-corrected chi connectivity index (χ1v) is 5.99. The van der Waals surface area contributed by atoms with E-state index in [0.29, 0.717) is 11.5 Å². The molecule has 2 heteroatoms. The number of hydrogen-bond donors (Lipinski definition) is 1. The van der Waals surface area contributed by atoms with E-state index in [-0.39, 0.29) is 0 Å². The maximum absolute atomic E-state index is 5.91. The molecule has 0 rings (SSSR count). The molecule has 0 aromatic carbocycles. The van der Waals surface area contributed by atoms with Crippen LogP contribution in [0.2, 0.25) is 0 Å². The Balaban J connectivity index is 4.39. The second-order valence-electron chi connectivity index (χ2n) is 4.57. The van der Waals surface area contributed by atoms with Crippen LogP contribution in [-0.4, -0.2) is 30.6 Å². The molecule has 0 bridgehead atoms. The summed E-state index contributed by atoms with van der Waals surface area (Å²) in [6.07, 6.45) is 2.37. The lowest BCUT2D eigenvalue weighted by atomic mass is 9.81. The quantitative estimate of drug-likeness (QED) is 0.684. The highest BCUT2D eigenvalue weighted by Gasteiger charge is 2.27. The molecule has 0 aliphatic rings. The van der Waals surface area contributed by atoms with E-state index in [4.69, 9.17) is 5.73 Å². The van der Waals surface area contributed by atoms with Crippen molar-refractivity contribution >= 4 is 0 Å². The topological polar surface area (TPSA) is 29.3 Å². The van der Waals surface area contributed by atoms with Gasteiger partial charge in [-0.25, -0.2) is 0 Å². The maximum Gasteiger partial charge on any atom is 0.00524 e. The first-order valence-electron chi connectivity index (χ1n) is 5.99. The van der Waals surface area contributed by atoms with Gasteiger partial charge in [0.1, 0.15) is 0 Å². The van der Waals surface area contributed by atoms with Gasteiger partial charge in [-0.05, 0) is 45.2 Å². The monoisotopic (exact) mass is 200 g/mol. The number of nitrogens with zero attached hydrogens (tertiary/aromatic N) is 1. The predicted octanol–water partition coefficient (Wildman–Crippen LogP) is 2.48. The van der Waals surface area contributed by atoms with Crippen molar-refractivity contribution in [3.8, 4) is 0 Å². The summed E-state index contributed by atoms with van der Waals surface area (Å²) in [4.78, 5) is 2.51. The fraction of sp³-hybridized carbons (Fsp3) is 1.00. The van der Waals surface area contributed by atoms with Gasteiger partial charge in [-0.2, -0.15) is 0 Å². The summed E-state index contributed by atoms with van der Waals surface area (Å²) in [7, 11) is 0. The maximum atomic E-state index is 5.91. The molecule has 0 atom stereocenters. The predicted molar refractivity (Wildman–Crippen MR) is 64.5 cm³/mol. The van der Waals surface area contributed by atoms with Crippen molar-refractivity contribution in [3.63, 3.8) is 0 Å². The molecule has 2 N–H and O–H groups in total. The number of nitrogens with two attached hydrogens (primary N) is 1. The number of hydrogen-bond acceptors (Lipinski definition) is 2.